The number of anilines is 1. The summed E-state index contributed by atoms with van der Waals surface area (Å²) in [7, 11) is 1.62. The van der Waals surface area contributed by atoms with Crippen LogP contribution in [-0.4, -0.2) is 55.7 Å². The maximum absolute atomic E-state index is 12.7. The molecule has 2 aromatic rings. The van der Waals surface area contributed by atoms with Crippen molar-refractivity contribution in [2.75, 3.05) is 44.9 Å². The fourth-order valence-corrected chi connectivity index (χ4v) is 3.89. The van der Waals surface area contributed by atoms with Crippen molar-refractivity contribution >= 4 is 17.3 Å². The number of benzene rings is 2. The van der Waals surface area contributed by atoms with E-state index in [4.69, 9.17) is 9.47 Å². The number of nitro groups is 1. The molecule has 2 aliphatic rings. The van der Waals surface area contributed by atoms with Gasteiger partial charge in [0.25, 0.3) is 11.6 Å². The molecule has 0 bridgehead atoms. The van der Waals surface area contributed by atoms with Crippen LogP contribution >= 0.6 is 0 Å². The van der Waals surface area contributed by atoms with Crippen molar-refractivity contribution in [3.05, 3.63) is 63.2 Å². The van der Waals surface area contributed by atoms with Gasteiger partial charge in [0.15, 0.2) is 0 Å². The van der Waals surface area contributed by atoms with Crippen LogP contribution in [0.1, 0.15) is 21.5 Å². The second-order valence-corrected chi connectivity index (χ2v) is 7.17. The Morgan fingerprint density at radius 1 is 1.10 bits per heavy atom. The number of hydrogen-bond donors (Lipinski definition) is 0. The third-order valence-electron chi connectivity index (χ3n) is 5.48. The van der Waals surface area contributed by atoms with Gasteiger partial charge in [-0.15, -0.1) is 0 Å². The van der Waals surface area contributed by atoms with E-state index in [0.29, 0.717) is 50.6 Å². The molecule has 8 heteroatoms. The lowest BCUT2D eigenvalue weighted by Gasteiger charge is -2.31. The molecular formula is C21H23N3O5. The summed E-state index contributed by atoms with van der Waals surface area (Å²) in [5, 5.41) is 11.8. The van der Waals surface area contributed by atoms with Crippen molar-refractivity contribution in [1.82, 2.24) is 4.90 Å². The molecule has 0 unspecified atom stereocenters. The minimum atomic E-state index is -0.410. The maximum Gasteiger partial charge on any atom is 0.293 e. The van der Waals surface area contributed by atoms with Crippen LogP contribution in [-0.2, 0) is 17.7 Å². The Morgan fingerprint density at radius 2 is 1.90 bits per heavy atom. The van der Waals surface area contributed by atoms with E-state index < -0.39 is 4.92 Å². The summed E-state index contributed by atoms with van der Waals surface area (Å²) in [5.41, 5.74) is 3.14. The Hall–Kier alpha value is -3.13. The van der Waals surface area contributed by atoms with Crippen molar-refractivity contribution in [2.24, 2.45) is 0 Å². The van der Waals surface area contributed by atoms with Gasteiger partial charge in [0.1, 0.15) is 11.4 Å². The number of nitro benzene ring substituents is 1. The molecule has 1 saturated heterocycles. The Labute approximate surface area is 168 Å². The van der Waals surface area contributed by atoms with E-state index >= 15 is 0 Å². The van der Waals surface area contributed by atoms with Gasteiger partial charge in [0.2, 0.25) is 0 Å². The zero-order valence-electron chi connectivity index (χ0n) is 16.3. The van der Waals surface area contributed by atoms with Crippen LogP contribution in [0.5, 0.6) is 5.75 Å². The SMILES string of the molecule is COc1ccc2c(c1)CN(c1ccc(C(=O)N3CCOCC3)cc1[N+](=O)[O-])CC2. The highest BCUT2D eigenvalue weighted by Gasteiger charge is 2.27. The second kappa shape index (κ2) is 8.08. The summed E-state index contributed by atoms with van der Waals surface area (Å²) < 4.78 is 10.6. The molecule has 0 aromatic heterocycles. The van der Waals surface area contributed by atoms with E-state index in [1.165, 1.54) is 11.6 Å². The number of carbonyl (C=O) groups is 1. The highest BCUT2D eigenvalue weighted by atomic mass is 16.6. The average Bonchev–Trinajstić information content (AvgIpc) is 2.78. The fourth-order valence-electron chi connectivity index (χ4n) is 3.89. The third-order valence-corrected chi connectivity index (χ3v) is 5.48. The monoisotopic (exact) mass is 397 g/mol. The predicted molar refractivity (Wildman–Crippen MR) is 108 cm³/mol. The molecule has 29 heavy (non-hydrogen) atoms. The fraction of sp³-hybridized carbons (Fsp3) is 0.381. The molecule has 2 heterocycles. The molecule has 1 amide bonds. The summed E-state index contributed by atoms with van der Waals surface area (Å²) in [6.45, 7) is 3.21. The molecular weight excluding hydrogens is 374 g/mol. The molecule has 0 spiro atoms. The molecule has 0 N–H and O–H groups in total. The van der Waals surface area contributed by atoms with Crippen LogP contribution in [0.25, 0.3) is 0 Å². The minimum Gasteiger partial charge on any atom is -0.497 e. The van der Waals surface area contributed by atoms with E-state index in [1.807, 2.05) is 23.1 Å². The normalized spacial score (nSPS) is 16.3. The number of fused-ring (bicyclic) bond motifs is 1. The summed E-state index contributed by atoms with van der Waals surface area (Å²) in [6, 6.07) is 10.7. The van der Waals surface area contributed by atoms with Gasteiger partial charge in [-0.25, -0.2) is 0 Å². The second-order valence-electron chi connectivity index (χ2n) is 7.17. The summed E-state index contributed by atoms with van der Waals surface area (Å²) in [4.78, 5) is 27.7. The lowest BCUT2D eigenvalue weighted by Crippen LogP contribution is -2.40. The third kappa shape index (κ3) is 3.88. The number of hydrogen-bond acceptors (Lipinski definition) is 6. The van der Waals surface area contributed by atoms with Crippen LogP contribution in [0.15, 0.2) is 36.4 Å². The van der Waals surface area contributed by atoms with E-state index in [2.05, 4.69) is 0 Å². The lowest BCUT2D eigenvalue weighted by molar-refractivity contribution is -0.384. The first-order chi connectivity index (χ1) is 14.1. The molecule has 1 fully saturated rings. The number of ether oxygens (including phenoxy) is 2. The first-order valence-corrected chi connectivity index (χ1v) is 9.63. The van der Waals surface area contributed by atoms with Gasteiger partial charge in [-0.1, -0.05) is 6.07 Å². The van der Waals surface area contributed by atoms with Gasteiger partial charge < -0.3 is 19.3 Å². The van der Waals surface area contributed by atoms with E-state index in [1.54, 1.807) is 24.1 Å². The molecule has 0 atom stereocenters. The first kappa shape index (κ1) is 19.2. The molecule has 2 aromatic carbocycles. The summed E-state index contributed by atoms with van der Waals surface area (Å²) in [5.74, 6) is 0.572. The average molecular weight is 397 g/mol. The van der Waals surface area contributed by atoms with Gasteiger partial charge >= 0.3 is 0 Å². The summed E-state index contributed by atoms with van der Waals surface area (Å²) >= 11 is 0. The number of amides is 1. The van der Waals surface area contributed by atoms with Gasteiger partial charge in [-0.3, -0.25) is 14.9 Å². The van der Waals surface area contributed by atoms with Crippen molar-refractivity contribution in [3.8, 4) is 5.75 Å². The van der Waals surface area contributed by atoms with E-state index in [-0.39, 0.29) is 11.6 Å². The zero-order chi connectivity index (χ0) is 20.4. The largest absolute Gasteiger partial charge is 0.497 e. The molecule has 0 saturated carbocycles. The van der Waals surface area contributed by atoms with E-state index in [9.17, 15) is 14.9 Å². The molecule has 0 radical (unpaired) electrons. The smallest absolute Gasteiger partial charge is 0.293 e. The van der Waals surface area contributed by atoms with Gasteiger partial charge in [0.05, 0.1) is 25.2 Å². The van der Waals surface area contributed by atoms with Crippen molar-refractivity contribution in [3.63, 3.8) is 0 Å². The summed E-state index contributed by atoms with van der Waals surface area (Å²) in [6.07, 6.45) is 0.797. The Bertz CT molecular complexity index is 940. The van der Waals surface area contributed by atoms with Crippen LogP contribution in [0, 0.1) is 10.1 Å². The quantitative estimate of drug-likeness (QED) is 0.582. The Balaban J connectivity index is 1.62. The van der Waals surface area contributed by atoms with E-state index in [0.717, 1.165) is 17.7 Å². The van der Waals surface area contributed by atoms with Crippen LogP contribution in [0.3, 0.4) is 0 Å². The Kier molecular flexibility index (Phi) is 5.35. The van der Waals surface area contributed by atoms with Crippen LogP contribution in [0.2, 0.25) is 0 Å². The molecule has 2 aliphatic heterocycles. The topological polar surface area (TPSA) is 85.2 Å². The van der Waals surface area contributed by atoms with Gasteiger partial charge in [-0.2, -0.15) is 0 Å². The number of methoxy groups -OCH3 is 1. The molecule has 152 valence electrons. The standard InChI is InChI=1S/C21H23N3O5/c1-28-18-4-2-15-6-7-23(14-17(15)12-18)19-5-3-16(13-20(19)24(26)27)21(25)22-8-10-29-11-9-22/h2-5,12-13H,6-11,14H2,1H3. The molecule has 0 aliphatic carbocycles. The lowest BCUT2D eigenvalue weighted by atomic mass is 9.98. The van der Waals surface area contributed by atoms with Gasteiger partial charge in [-0.05, 0) is 41.8 Å². The molecule has 4 rings (SSSR count). The van der Waals surface area contributed by atoms with Crippen molar-refractivity contribution in [1.29, 1.82) is 0 Å². The van der Waals surface area contributed by atoms with Crippen LogP contribution < -0.4 is 9.64 Å². The molecule has 8 nitrogen and oxygen atoms in total. The Morgan fingerprint density at radius 3 is 2.62 bits per heavy atom. The van der Waals surface area contributed by atoms with Crippen LogP contribution in [0.4, 0.5) is 11.4 Å². The highest BCUT2D eigenvalue weighted by molar-refractivity contribution is 5.96. The predicted octanol–water partition coefficient (Wildman–Crippen LogP) is 2.64. The number of nitrogens with zero attached hydrogens (tertiary/aromatic N) is 3. The minimum absolute atomic E-state index is 0.0459. The van der Waals surface area contributed by atoms with Crippen molar-refractivity contribution < 1.29 is 19.2 Å². The zero-order valence-corrected chi connectivity index (χ0v) is 16.3. The number of rotatable bonds is 4. The maximum atomic E-state index is 12.7. The number of carbonyl (C=O) groups excluding carboxylic acids is 1. The highest BCUT2D eigenvalue weighted by Crippen LogP contribution is 2.34. The van der Waals surface area contributed by atoms with Crippen molar-refractivity contribution in [2.45, 2.75) is 13.0 Å². The van der Waals surface area contributed by atoms with Gasteiger partial charge in [0, 0.05) is 37.8 Å². The number of morpholine rings is 1. The first-order valence-electron chi connectivity index (χ1n) is 9.63.